The Morgan fingerprint density at radius 1 is 0.253 bits per heavy atom. The van der Waals surface area contributed by atoms with Crippen LogP contribution in [0.15, 0.2) is 85.1 Å². The summed E-state index contributed by atoms with van der Waals surface area (Å²) < 4.78 is 17.0. The Hall–Kier alpha value is -3.41. The lowest BCUT2D eigenvalue weighted by Crippen LogP contribution is -2.30. The predicted molar refractivity (Wildman–Crippen MR) is 362 cm³/mol. The van der Waals surface area contributed by atoms with Crippen molar-refractivity contribution < 1.29 is 28.6 Å². The zero-order valence-electron chi connectivity index (χ0n) is 55.2. The molecule has 0 rings (SSSR count). The number of ether oxygens (including phenoxy) is 3. The molecular weight excluding hydrogens is 1020 g/mol. The summed E-state index contributed by atoms with van der Waals surface area (Å²) in [4.78, 5) is 38.5. The van der Waals surface area contributed by atoms with Gasteiger partial charge in [0.15, 0.2) is 6.10 Å². The van der Waals surface area contributed by atoms with Gasteiger partial charge in [0.05, 0.1) is 0 Å². The Labute approximate surface area is 515 Å². The Bertz CT molecular complexity index is 1570. The Morgan fingerprint density at radius 3 is 0.747 bits per heavy atom. The first-order valence-corrected chi connectivity index (χ1v) is 36.1. The van der Waals surface area contributed by atoms with Crippen molar-refractivity contribution in [2.45, 2.75) is 374 Å². The normalized spacial score (nSPS) is 12.6. The van der Waals surface area contributed by atoms with Crippen molar-refractivity contribution in [2.75, 3.05) is 13.2 Å². The van der Waals surface area contributed by atoms with E-state index in [1.165, 1.54) is 238 Å². The summed E-state index contributed by atoms with van der Waals surface area (Å²) in [6.45, 7) is 6.57. The first kappa shape index (κ1) is 79.6. The van der Waals surface area contributed by atoms with Gasteiger partial charge < -0.3 is 14.2 Å². The van der Waals surface area contributed by atoms with Gasteiger partial charge in [-0.25, -0.2) is 0 Å². The number of unbranched alkanes of at least 4 members (excludes halogenated alkanes) is 41. The Kier molecular flexibility index (Phi) is 68.2. The Balaban J connectivity index is 4.34. The van der Waals surface area contributed by atoms with Crippen LogP contribution in [0.25, 0.3) is 0 Å². The molecule has 1 unspecified atom stereocenters. The van der Waals surface area contributed by atoms with E-state index in [1.807, 2.05) is 0 Å². The quantitative estimate of drug-likeness (QED) is 0.0261. The molecule has 6 heteroatoms. The average Bonchev–Trinajstić information content (AvgIpc) is 3.50. The van der Waals surface area contributed by atoms with Crippen LogP contribution in [0.3, 0.4) is 0 Å². The molecule has 480 valence electrons. The summed E-state index contributed by atoms with van der Waals surface area (Å²) in [5, 5.41) is 0. The van der Waals surface area contributed by atoms with Crippen molar-refractivity contribution in [1.82, 2.24) is 0 Å². The molecule has 0 fully saturated rings. The Morgan fingerprint density at radius 2 is 0.470 bits per heavy atom. The second-order valence-corrected chi connectivity index (χ2v) is 24.1. The molecular formula is C77H136O6. The van der Waals surface area contributed by atoms with Crippen LogP contribution < -0.4 is 0 Å². The van der Waals surface area contributed by atoms with Crippen molar-refractivity contribution in [1.29, 1.82) is 0 Å². The minimum absolute atomic E-state index is 0.0760. The van der Waals surface area contributed by atoms with Crippen molar-refractivity contribution >= 4 is 17.9 Å². The molecule has 1 atom stereocenters. The maximum absolute atomic E-state index is 13.0. The van der Waals surface area contributed by atoms with Crippen LogP contribution in [0, 0.1) is 0 Å². The fraction of sp³-hybridized carbons (Fsp3) is 0.779. The summed E-state index contributed by atoms with van der Waals surface area (Å²) in [6, 6.07) is 0. The number of hydrogen-bond acceptors (Lipinski definition) is 6. The standard InChI is InChI=1S/C77H136O6/c1-4-7-10-13-16-19-22-25-28-31-34-35-36-37-38-39-40-41-44-46-49-52-55-58-61-64-67-70-76(79)82-73-74(83-77(80)71-68-65-62-59-56-53-50-47-43-33-30-27-24-21-18-15-12-9-6-3)72-81-75(78)69-66-63-60-57-54-51-48-45-42-32-29-26-23-20-17-14-11-8-5-2/h7,10,16,19,25-30,34-35,37-38,74H,4-6,8-9,11-15,17-18,20-24,31-33,36,39-73H2,1-3H3/b10-7-,19-16-,28-25-,29-26-,30-27-,35-34-,38-37-. The minimum Gasteiger partial charge on any atom is -0.462 e. The molecule has 0 spiro atoms. The molecule has 0 aromatic heterocycles. The van der Waals surface area contributed by atoms with Gasteiger partial charge in [-0.3, -0.25) is 14.4 Å². The maximum Gasteiger partial charge on any atom is 0.306 e. The zero-order valence-corrected chi connectivity index (χ0v) is 55.2. The van der Waals surface area contributed by atoms with Crippen molar-refractivity contribution in [2.24, 2.45) is 0 Å². The highest BCUT2D eigenvalue weighted by molar-refractivity contribution is 5.71. The van der Waals surface area contributed by atoms with Crippen LogP contribution in [0.5, 0.6) is 0 Å². The topological polar surface area (TPSA) is 78.9 Å². The molecule has 0 saturated heterocycles. The molecule has 0 aromatic carbocycles. The van der Waals surface area contributed by atoms with Gasteiger partial charge in [0.25, 0.3) is 0 Å². The van der Waals surface area contributed by atoms with Gasteiger partial charge in [0.1, 0.15) is 13.2 Å². The molecule has 83 heavy (non-hydrogen) atoms. The molecule has 0 aliphatic carbocycles. The van der Waals surface area contributed by atoms with Gasteiger partial charge >= 0.3 is 17.9 Å². The third kappa shape index (κ3) is 69.3. The first-order valence-electron chi connectivity index (χ1n) is 36.1. The number of rotatable bonds is 66. The van der Waals surface area contributed by atoms with Crippen LogP contribution in [0.1, 0.15) is 367 Å². The lowest BCUT2D eigenvalue weighted by atomic mass is 10.0. The third-order valence-corrected chi connectivity index (χ3v) is 15.9. The van der Waals surface area contributed by atoms with E-state index < -0.39 is 6.10 Å². The molecule has 0 bridgehead atoms. The van der Waals surface area contributed by atoms with E-state index in [1.54, 1.807) is 0 Å². The highest BCUT2D eigenvalue weighted by Crippen LogP contribution is 2.17. The predicted octanol–water partition coefficient (Wildman–Crippen LogP) is 25.0. The lowest BCUT2D eigenvalue weighted by Gasteiger charge is -2.18. The van der Waals surface area contributed by atoms with Crippen LogP contribution in [-0.2, 0) is 28.6 Å². The van der Waals surface area contributed by atoms with E-state index >= 15 is 0 Å². The smallest absolute Gasteiger partial charge is 0.306 e. The molecule has 0 amide bonds. The van der Waals surface area contributed by atoms with E-state index in [0.717, 1.165) is 89.9 Å². The number of carbonyl (C=O) groups excluding carboxylic acids is 3. The van der Waals surface area contributed by atoms with Gasteiger partial charge in [-0.15, -0.1) is 0 Å². The van der Waals surface area contributed by atoms with E-state index in [2.05, 4.69) is 106 Å². The molecule has 0 aliphatic rings. The molecule has 0 radical (unpaired) electrons. The van der Waals surface area contributed by atoms with Gasteiger partial charge in [-0.2, -0.15) is 0 Å². The van der Waals surface area contributed by atoms with Crippen LogP contribution in [-0.4, -0.2) is 37.2 Å². The van der Waals surface area contributed by atoms with Crippen molar-refractivity contribution in [3.8, 4) is 0 Å². The lowest BCUT2D eigenvalue weighted by molar-refractivity contribution is -0.167. The summed E-state index contributed by atoms with van der Waals surface area (Å²) >= 11 is 0. The summed E-state index contributed by atoms with van der Waals surface area (Å²) in [5.41, 5.74) is 0. The largest absolute Gasteiger partial charge is 0.462 e. The highest BCUT2D eigenvalue weighted by atomic mass is 16.6. The van der Waals surface area contributed by atoms with Crippen molar-refractivity contribution in [3.05, 3.63) is 85.1 Å². The summed E-state index contributed by atoms with van der Waals surface area (Å²) in [5.74, 6) is -0.862. The van der Waals surface area contributed by atoms with E-state index in [9.17, 15) is 14.4 Å². The minimum atomic E-state index is -0.781. The third-order valence-electron chi connectivity index (χ3n) is 15.9. The maximum atomic E-state index is 13.0. The van der Waals surface area contributed by atoms with Crippen LogP contribution >= 0.6 is 0 Å². The van der Waals surface area contributed by atoms with Gasteiger partial charge in [-0.05, 0) is 116 Å². The van der Waals surface area contributed by atoms with Gasteiger partial charge in [0.2, 0.25) is 0 Å². The molecule has 0 saturated carbocycles. The second-order valence-electron chi connectivity index (χ2n) is 24.1. The van der Waals surface area contributed by atoms with Crippen LogP contribution in [0.4, 0.5) is 0 Å². The fourth-order valence-electron chi connectivity index (χ4n) is 10.5. The zero-order chi connectivity index (χ0) is 59.9. The number of allylic oxidation sites excluding steroid dienone is 14. The number of carbonyl (C=O) groups is 3. The summed E-state index contributed by atoms with van der Waals surface area (Å²) in [7, 11) is 0. The fourth-order valence-corrected chi connectivity index (χ4v) is 10.5. The van der Waals surface area contributed by atoms with E-state index in [-0.39, 0.29) is 31.1 Å². The van der Waals surface area contributed by atoms with E-state index in [0.29, 0.717) is 19.3 Å². The average molecular weight is 1160 g/mol. The van der Waals surface area contributed by atoms with Gasteiger partial charge in [0, 0.05) is 19.3 Å². The molecule has 0 N–H and O–H groups in total. The molecule has 0 heterocycles. The number of esters is 3. The summed E-state index contributed by atoms with van der Waals surface area (Å²) in [6.07, 6.45) is 94.6. The van der Waals surface area contributed by atoms with Crippen molar-refractivity contribution in [3.63, 3.8) is 0 Å². The monoisotopic (exact) mass is 1160 g/mol. The van der Waals surface area contributed by atoms with Gasteiger partial charge in [-0.1, -0.05) is 318 Å². The first-order chi connectivity index (χ1) is 41.0. The molecule has 6 nitrogen and oxygen atoms in total. The highest BCUT2D eigenvalue weighted by Gasteiger charge is 2.19. The number of hydrogen-bond donors (Lipinski definition) is 0. The molecule has 0 aliphatic heterocycles. The SMILES string of the molecule is CC/C=C\C/C=C\C/C=C\C/C=C\C/C=C\CCCCCCCCCCCCCC(=O)OCC(COC(=O)CCCCCCCCCCC/C=C\CCCCCCCC)OC(=O)CCCCCCCCCCC/C=C\CCCCCCCC. The molecule has 0 aromatic rings. The van der Waals surface area contributed by atoms with E-state index in [4.69, 9.17) is 14.2 Å². The second kappa shape index (κ2) is 71.1. The van der Waals surface area contributed by atoms with Crippen LogP contribution in [0.2, 0.25) is 0 Å².